The van der Waals surface area contributed by atoms with Gasteiger partial charge in [-0.2, -0.15) is 0 Å². The molecular formula is C15H20N2OS. The van der Waals surface area contributed by atoms with Gasteiger partial charge in [0.25, 0.3) is 0 Å². The van der Waals surface area contributed by atoms with Crippen LogP contribution in [0.2, 0.25) is 0 Å². The van der Waals surface area contributed by atoms with Crippen molar-refractivity contribution in [3.05, 3.63) is 30.3 Å². The van der Waals surface area contributed by atoms with E-state index in [4.69, 9.17) is 5.73 Å². The number of thioether (sulfide) groups is 1. The minimum Gasteiger partial charge on any atom is -0.336 e. The summed E-state index contributed by atoms with van der Waals surface area (Å²) < 4.78 is 0. The van der Waals surface area contributed by atoms with Gasteiger partial charge in [-0.1, -0.05) is 18.2 Å². The molecule has 2 N–H and O–H groups in total. The van der Waals surface area contributed by atoms with Crippen molar-refractivity contribution in [1.82, 2.24) is 4.90 Å². The fourth-order valence-corrected chi connectivity index (χ4v) is 4.15. The lowest BCUT2D eigenvalue weighted by atomic mass is 9.98. The quantitative estimate of drug-likeness (QED) is 0.861. The van der Waals surface area contributed by atoms with Crippen LogP contribution in [-0.4, -0.2) is 34.7 Å². The number of benzene rings is 1. The number of rotatable bonds is 3. The van der Waals surface area contributed by atoms with Crippen LogP contribution in [0.5, 0.6) is 0 Å². The minimum atomic E-state index is 0.285. The number of piperidine rings is 1. The summed E-state index contributed by atoms with van der Waals surface area (Å²) in [5, 5.41) is 0. The Morgan fingerprint density at radius 3 is 2.47 bits per heavy atom. The standard InChI is InChI=1S/C15H20N2OS/c16-11-8-12-6-7-13(9-11)17(12)15(18)10-19-14-4-2-1-3-5-14/h1-5,11-13H,6-10,16H2. The normalized spacial score (nSPS) is 29.5. The Kier molecular flexibility index (Phi) is 3.80. The first-order chi connectivity index (χ1) is 9.24. The largest absolute Gasteiger partial charge is 0.336 e. The highest BCUT2D eigenvalue weighted by Crippen LogP contribution is 2.35. The molecule has 19 heavy (non-hydrogen) atoms. The number of fused-ring (bicyclic) bond motifs is 2. The lowest BCUT2D eigenvalue weighted by Gasteiger charge is -2.37. The first kappa shape index (κ1) is 13.0. The number of amides is 1. The number of carbonyl (C=O) groups excluding carboxylic acids is 1. The molecule has 0 saturated carbocycles. The van der Waals surface area contributed by atoms with Crippen molar-refractivity contribution in [2.45, 2.75) is 48.7 Å². The lowest BCUT2D eigenvalue weighted by molar-refractivity contribution is -0.132. The van der Waals surface area contributed by atoms with Crippen LogP contribution in [0.4, 0.5) is 0 Å². The summed E-state index contributed by atoms with van der Waals surface area (Å²) in [4.78, 5) is 15.7. The summed E-state index contributed by atoms with van der Waals surface area (Å²) in [5.74, 6) is 0.833. The van der Waals surface area contributed by atoms with E-state index in [9.17, 15) is 4.79 Å². The number of nitrogens with two attached hydrogens (primary N) is 1. The Bertz CT molecular complexity index is 437. The molecule has 2 aliphatic rings. The van der Waals surface area contributed by atoms with Gasteiger partial charge in [-0.25, -0.2) is 0 Å². The number of hydrogen-bond donors (Lipinski definition) is 1. The minimum absolute atomic E-state index is 0.285. The van der Waals surface area contributed by atoms with Crippen LogP contribution in [0, 0.1) is 0 Å². The summed E-state index contributed by atoms with van der Waals surface area (Å²) in [6.07, 6.45) is 4.25. The van der Waals surface area contributed by atoms with Gasteiger partial charge in [-0.05, 0) is 37.8 Å². The first-order valence-corrected chi connectivity index (χ1v) is 7.97. The van der Waals surface area contributed by atoms with E-state index in [2.05, 4.69) is 17.0 Å². The predicted octanol–water partition coefficient (Wildman–Crippen LogP) is 2.26. The second-order valence-corrected chi connectivity index (χ2v) is 6.57. The van der Waals surface area contributed by atoms with Crippen molar-refractivity contribution in [1.29, 1.82) is 0 Å². The zero-order chi connectivity index (χ0) is 13.2. The van der Waals surface area contributed by atoms with E-state index in [-0.39, 0.29) is 5.91 Å². The summed E-state index contributed by atoms with van der Waals surface area (Å²) in [6.45, 7) is 0. The van der Waals surface area contributed by atoms with Crippen molar-refractivity contribution in [3.63, 3.8) is 0 Å². The third kappa shape index (κ3) is 2.79. The van der Waals surface area contributed by atoms with Crippen LogP contribution in [0.15, 0.2) is 35.2 Å². The molecule has 0 aromatic heterocycles. The number of carbonyl (C=O) groups is 1. The lowest BCUT2D eigenvalue weighted by Crippen LogP contribution is -2.50. The summed E-state index contributed by atoms with van der Waals surface area (Å²) in [5.41, 5.74) is 6.04. The molecule has 2 bridgehead atoms. The number of hydrogen-bond acceptors (Lipinski definition) is 3. The van der Waals surface area contributed by atoms with E-state index in [1.807, 2.05) is 18.2 Å². The maximum Gasteiger partial charge on any atom is 0.233 e. The van der Waals surface area contributed by atoms with Gasteiger partial charge in [0.15, 0.2) is 0 Å². The van der Waals surface area contributed by atoms with Gasteiger partial charge in [0.1, 0.15) is 0 Å². The third-order valence-corrected chi connectivity index (χ3v) is 5.16. The Balaban J connectivity index is 1.59. The molecule has 2 saturated heterocycles. The smallest absolute Gasteiger partial charge is 0.233 e. The molecular weight excluding hydrogens is 256 g/mol. The molecule has 2 aliphatic heterocycles. The predicted molar refractivity (Wildman–Crippen MR) is 78.0 cm³/mol. The molecule has 2 unspecified atom stereocenters. The third-order valence-electron chi connectivity index (χ3n) is 4.16. The summed E-state index contributed by atoms with van der Waals surface area (Å²) >= 11 is 1.63. The Morgan fingerprint density at radius 2 is 1.84 bits per heavy atom. The molecule has 1 aromatic rings. The molecule has 3 rings (SSSR count). The SMILES string of the molecule is NC1CC2CCC(C1)N2C(=O)CSc1ccccc1. The molecule has 2 atom stereocenters. The second kappa shape index (κ2) is 5.55. The maximum atomic E-state index is 12.4. The van der Waals surface area contributed by atoms with E-state index in [0.29, 0.717) is 23.9 Å². The molecule has 0 radical (unpaired) electrons. The molecule has 1 amide bonds. The second-order valence-electron chi connectivity index (χ2n) is 5.52. The highest BCUT2D eigenvalue weighted by molar-refractivity contribution is 8.00. The summed E-state index contributed by atoms with van der Waals surface area (Å²) in [7, 11) is 0. The molecule has 2 fully saturated rings. The Morgan fingerprint density at radius 1 is 1.21 bits per heavy atom. The van der Waals surface area contributed by atoms with Gasteiger partial charge in [0.05, 0.1) is 5.75 Å². The van der Waals surface area contributed by atoms with E-state index >= 15 is 0 Å². The molecule has 0 spiro atoms. The molecule has 4 heteroatoms. The average molecular weight is 276 g/mol. The van der Waals surface area contributed by atoms with Gasteiger partial charge in [0, 0.05) is 23.0 Å². The van der Waals surface area contributed by atoms with Crippen LogP contribution < -0.4 is 5.73 Å². The van der Waals surface area contributed by atoms with E-state index < -0.39 is 0 Å². The van der Waals surface area contributed by atoms with Crippen molar-refractivity contribution in [2.24, 2.45) is 5.73 Å². The molecule has 1 aromatic carbocycles. The fraction of sp³-hybridized carbons (Fsp3) is 0.533. The van der Waals surface area contributed by atoms with E-state index in [0.717, 1.165) is 30.6 Å². The van der Waals surface area contributed by atoms with Crippen LogP contribution in [0.3, 0.4) is 0 Å². The molecule has 2 heterocycles. The molecule has 0 aliphatic carbocycles. The Labute approximate surface area is 118 Å². The molecule has 102 valence electrons. The van der Waals surface area contributed by atoms with Crippen molar-refractivity contribution < 1.29 is 4.79 Å². The Hall–Kier alpha value is -1.00. The van der Waals surface area contributed by atoms with Crippen LogP contribution >= 0.6 is 11.8 Å². The van der Waals surface area contributed by atoms with Crippen molar-refractivity contribution in [3.8, 4) is 0 Å². The van der Waals surface area contributed by atoms with E-state index in [1.165, 1.54) is 0 Å². The monoisotopic (exact) mass is 276 g/mol. The highest BCUT2D eigenvalue weighted by atomic mass is 32.2. The van der Waals surface area contributed by atoms with Crippen LogP contribution in [-0.2, 0) is 4.79 Å². The molecule has 3 nitrogen and oxygen atoms in total. The average Bonchev–Trinajstić information content (AvgIpc) is 2.70. The zero-order valence-corrected chi connectivity index (χ0v) is 11.8. The van der Waals surface area contributed by atoms with Crippen LogP contribution in [0.25, 0.3) is 0 Å². The van der Waals surface area contributed by atoms with Gasteiger partial charge < -0.3 is 10.6 Å². The first-order valence-electron chi connectivity index (χ1n) is 6.98. The fourth-order valence-electron chi connectivity index (χ4n) is 3.36. The topological polar surface area (TPSA) is 46.3 Å². The van der Waals surface area contributed by atoms with Crippen molar-refractivity contribution >= 4 is 17.7 Å². The maximum absolute atomic E-state index is 12.4. The van der Waals surface area contributed by atoms with Gasteiger partial charge in [-0.15, -0.1) is 11.8 Å². The van der Waals surface area contributed by atoms with Gasteiger partial charge >= 0.3 is 0 Å². The van der Waals surface area contributed by atoms with Gasteiger partial charge in [-0.3, -0.25) is 4.79 Å². The number of nitrogens with zero attached hydrogens (tertiary/aromatic N) is 1. The van der Waals surface area contributed by atoms with Crippen molar-refractivity contribution in [2.75, 3.05) is 5.75 Å². The summed E-state index contributed by atoms with van der Waals surface area (Å²) in [6, 6.07) is 11.2. The van der Waals surface area contributed by atoms with Gasteiger partial charge in [0.2, 0.25) is 5.91 Å². The highest BCUT2D eigenvalue weighted by Gasteiger charge is 2.41. The van der Waals surface area contributed by atoms with Crippen LogP contribution in [0.1, 0.15) is 25.7 Å². The van der Waals surface area contributed by atoms with E-state index in [1.54, 1.807) is 11.8 Å². The zero-order valence-electron chi connectivity index (χ0n) is 11.0.